The van der Waals surface area contributed by atoms with Crippen molar-refractivity contribution >= 4 is 0 Å². The SMILES string of the molecule is [Li+].[Mo].[O-2].[O-2].[O-2].[O-2].[O-2].[O-2].[V]. The summed E-state index contributed by atoms with van der Waals surface area (Å²) < 4.78 is 0. The molecule has 0 atom stereocenters. The van der Waals surface area contributed by atoms with Crippen LogP contribution in [0, 0.1) is 0 Å². The van der Waals surface area contributed by atoms with Gasteiger partial charge in [0.2, 0.25) is 0 Å². The molecule has 0 aromatic carbocycles. The van der Waals surface area contributed by atoms with Gasteiger partial charge >= 0.3 is 18.9 Å². The summed E-state index contributed by atoms with van der Waals surface area (Å²) in [5.41, 5.74) is 0. The van der Waals surface area contributed by atoms with Crippen LogP contribution in [0.5, 0.6) is 0 Å². The van der Waals surface area contributed by atoms with Crippen molar-refractivity contribution < 1.29 is 91.3 Å². The second-order valence-corrected chi connectivity index (χ2v) is 0. The van der Waals surface area contributed by atoms with E-state index in [1.54, 1.807) is 0 Å². The summed E-state index contributed by atoms with van der Waals surface area (Å²) in [7, 11) is 0. The Morgan fingerprint density at radius 3 is 0.444 bits per heavy atom. The van der Waals surface area contributed by atoms with Crippen LogP contribution in [0.15, 0.2) is 0 Å². The van der Waals surface area contributed by atoms with E-state index in [1.165, 1.54) is 0 Å². The summed E-state index contributed by atoms with van der Waals surface area (Å²) in [6.45, 7) is 0. The molecular weight excluding hydrogens is 250 g/mol. The standard InChI is InChI=1S/Li.Mo.6O.V/q+1;;6*-2;. The predicted octanol–water partition coefficient (Wildman–Crippen LogP) is -3.71. The molecule has 9 heteroatoms. The molecule has 0 amide bonds. The van der Waals surface area contributed by atoms with Gasteiger partial charge in [-0.1, -0.05) is 0 Å². The maximum Gasteiger partial charge on any atom is 1.00 e. The Labute approximate surface area is 90.9 Å². The molecular formula is LiMoO6V-11. The predicted molar refractivity (Wildman–Crippen MR) is 4.12 cm³/mol. The van der Waals surface area contributed by atoms with Gasteiger partial charge in [0.15, 0.2) is 0 Å². The van der Waals surface area contributed by atoms with Crippen molar-refractivity contribution in [2.24, 2.45) is 0 Å². The second kappa shape index (κ2) is 270. The summed E-state index contributed by atoms with van der Waals surface area (Å²) in [6, 6.07) is 0. The summed E-state index contributed by atoms with van der Waals surface area (Å²) in [6.07, 6.45) is 0. The molecule has 0 unspecified atom stereocenters. The van der Waals surface area contributed by atoms with Gasteiger partial charge in [-0.05, 0) is 0 Å². The maximum absolute atomic E-state index is 0. The zero-order chi connectivity index (χ0) is 0. The van der Waals surface area contributed by atoms with Crippen molar-refractivity contribution in [1.29, 1.82) is 0 Å². The fourth-order valence-corrected chi connectivity index (χ4v) is 0. The van der Waals surface area contributed by atoms with E-state index in [1.807, 2.05) is 0 Å². The largest absolute Gasteiger partial charge is 2.00 e. The Kier molecular flexibility index (Phi) is 11100. The third-order valence-corrected chi connectivity index (χ3v) is 0. The average Bonchev–Trinajstić information content (AvgIpc) is 0. The van der Waals surface area contributed by atoms with Crippen LogP contribution in [0.1, 0.15) is 0 Å². The van der Waals surface area contributed by atoms with Crippen LogP contribution in [0.3, 0.4) is 0 Å². The van der Waals surface area contributed by atoms with E-state index in [2.05, 4.69) is 0 Å². The molecule has 0 aliphatic carbocycles. The molecule has 0 spiro atoms. The summed E-state index contributed by atoms with van der Waals surface area (Å²) in [5.74, 6) is 0. The fourth-order valence-electron chi connectivity index (χ4n) is 0. The van der Waals surface area contributed by atoms with Gasteiger partial charge in [-0.3, -0.25) is 0 Å². The van der Waals surface area contributed by atoms with E-state index in [9.17, 15) is 0 Å². The number of rotatable bonds is 0. The molecule has 0 aliphatic heterocycles. The van der Waals surface area contributed by atoms with Crippen molar-refractivity contribution in [3.8, 4) is 0 Å². The minimum atomic E-state index is 0. The van der Waals surface area contributed by atoms with Gasteiger partial charge in [0, 0.05) is 39.6 Å². The molecule has 0 saturated carbocycles. The molecule has 0 saturated heterocycles. The molecule has 0 aromatic rings. The van der Waals surface area contributed by atoms with E-state index in [0.29, 0.717) is 0 Å². The Balaban J connectivity index is 0. The summed E-state index contributed by atoms with van der Waals surface area (Å²) in [4.78, 5) is 0. The topological polar surface area (TPSA) is 171 Å². The van der Waals surface area contributed by atoms with Crippen LogP contribution in [-0.4, -0.2) is 0 Å². The van der Waals surface area contributed by atoms with Crippen LogP contribution in [0.2, 0.25) is 0 Å². The molecule has 0 heterocycles. The monoisotopic (exact) mass is 252 g/mol. The van der Waals surface area contributed by atoms with Crippen LogP contribution in [0.4, 0.5) is 0 Å². The zero-order valence-electron chi connectivity index (χ0n) is 4.30. The zero-order valence-corrected chi connectivity index (χ0v) is 7.71. The third-order valence-electron chi connectivity index (χ3n) is 0. The van der Waals surface area contributed by atoms with E-state index >= 15 is 0 Å². The molecule has 0 aliphatic rings. The van der Waals surface area contributed by atoms with Gasteiger partial charge in [0.05, 0.1) is 0 Å². The van der Waals surface area contributed by atoms with Crippen LogP contribution >= 0.6 is 0 Å². The molecule has 0 N–H and O–H groups in total. The fraction of sp³-hybridized carbons (Fsp3) is 0. The molecule has 1 radical (unpaired) electrons. The van der Waals surface area contributed by atoms with Crippen LogP contribution < -0.4 is 18.9 Å². The molecule has 59 valence electrons. The first-order chi connectivity index (χ1) is 0. The summed E-state index contributed by atoms with van der Waals surface area (Å²) >= 11 is 0. The second-order valence-electron chi connectivity index (χ2n) is 0. The van der Waals surface area contributed by atoms with E-state index in [4.69, 9.17) is 0 Å². The van der Waals surface area contributed by atoms with Gasteiger partial charge in [-0.15, -0.1) is 0 Å². The minimum Gasteiger partial charge on any atom is -2.00 e. The Morgan fingerprint density at radius 2 is 0.444 bits per heavy atom. The van der Waals surface area contributed by atoms with Crippen LogP contribution in [0.25, 0.3) is 0 Å². The van der Waals surface area contributed by atoms with Gasteiger partial charge < -0.3 is 32.9 Å². The van der Waals surface area contributed by atoms with Crippen molar-refractivity contribution in [1.82, 2.24) is 0 Å². The maximum atomic E-state index is 0. The van der Waals surface area contributed by atoms with Crippen molar-refractivity contribution in [2.75, 3.05) is 0 Å². The first-order valence-electron chi connectivity index (χ1n) is 0. The van der Waals surface area contributed by atoms with Gasteiger partial charge in [-0.2, -0.15) is 0 Å². The number of hydrogen-bond donors (Lipinski definition) is 0. The van der Waals surface area contributed by atoms with Crippen molar-refractivity contribution in [3.63, 3.8) is 0 Å². The normalized spacial score (nSPS) is 0. The van der Waals surface area contributed by atoms with E-state index in [-0.39, 0.29) is 91.3 Å². The molecule has 0 fully saturated rings. The van der Waals surface area contributed by atoms with E-state index in [0.717, 1.165) is 0 Å². The molecule has 6 nitrogen and oxygen atoms in total. The van der Waals surface area contributed by atoms with Crippen LogP contribution in [-0.2, 0) is 72.5 Å². The molecule has 0 bridgehead atoms. The van der Waals surface area contributed by atoms with Crippen molar-refractivity contribution in [3.05, 3.63) is 0 Å². The number of hydrogen-bond acceptors (Lipinski definition) is 0. The first kappa shape index (κ1) is 371. The Hall–Kier alpha value is 1.63. The summed E-state index contributed by atoms with van der Waals surface area (Å²) in [5, 5.41) is 0. The minimum absolute atomic E-state index is 0. The average molecular weight is 250 g/mol. The van der Waals surface area contributed by atoms with Gasteiger partial charge in [0.25, 0.3) is 0 Å². The van der Waals surface area contributed by atoms with Gasteiger partial charge in [-0.25, -0.2) is 0 Å². The quantitative estimate of drug-likeness (QED) is 0.385. The third kappa shape index (κ3) is 211. The Bertz CT molecular complexity index is 13.0. The molecule has 0 rings (SSSR count). The Morgan fingerprint density at radius 1 is 0.444 bits per heavy atom. The van der Waals surface area contributed by atoms with E-state index < -0.39 is 0 Å². The smallest absolute Gasteiger partial charge is 1.00 e. The molecule has 0 aromatic heterocycles. The first-order valence-corrected chi connectivity index (χ1v) is 0. The molecule has 9 heavy (non-hydrogen) atoms. The van der Waals surface area contributed by atoms with Crippen molar-refractivity contribution in [2.45, 2.75) is 0 Å². The van der Waals surface area contributed by atoms with Gasteiger partial charge in [0.1, 0.15) is 0 Å².